The van der Waals surface area contributed by atoms with Gasteiger partial charge in [0.2, 0.25) is 0 Å². The summed E-state index contributed by atoms with van der Waals surface area (Å²) in [5.74, 6) is -2.11. The SMILES string of the molecule is NCCCNCCNCC(O)C1=CC(C(F)(F)F)NC2C1=CC=CC2C(F)(F)F. The number of nitrogens with two attached hydrogens (primary N) is 1. The Balaban J connectivity index is 2.10. The summed E-state index contributed by atoms with van der Waals surface area (Å²) in [6.07, 6.45) is -6.01. The first-order chi connectivity index (χ1) is 13.6. The summed E-state index contributed by atoms with van der Waals surface area (Å²) >= 11 is 0. The summed E-state index contributed by atoms with van der Waals surface area (Å²) in [5.41, 5.74) is 5.24. The number of hydrogen-bond acceptors (Lipinski definition) is 5. The monoisotopic (exact) mass is 428 g/mol. The second-order valence-corrected chi connectivity index (χ2v) is 6.97. The lowest BCUT2D eigenvalue weighted by Gasteiger charge is -2.40. The van der Waals surface area contributed by atoms with Crippen LogP contribution in [0.2, 0.25) is 0 Å². The van der Waals surface area contributed by atoms with E-state index >= 15 is 0 Å². The Bertz CT molecular complexity index is 629. The summed E-state index contributed by atoms with van der Waals surface area (Å²) in [4.78, 5) is 0. The number of hydrogen-bond donors (Lipinski definition) is 5. The van der Waals surface area contributed by atoms with Gasteiger partial charge in [0, 0.05) is 25.7 Å². The third-order valence-corrected chi connectivity index (χ3v) is 4.79. The molecule has 0 aromatic rings. The number of alkyl halides is 6. The normalized spacial score (nSPS) is 26.0. The first-order valence-corrected chi connectivity index (χ1v) is 9.35. The fourth-order valence-electron chi connectivity index (χ4n) is 3.34. The Labute approximate surface area is 165 Å². The van der Waals surface area contributed by atoms with E-state index in [1.54, 1.807) is 0 Å². The molecular formula is C18H26F6N4O. The van der Waals surface area contributed by atoms with E-state index < -0.39 is 36.5 Å². The molecule has 4 atom stereocenters. The van der Waals surface area contributed by atoms with Gasteiger partial charge >= 0.3 is 12.4 Å². The lowest BCUT2D eigenvalue weighted by Crippen LogP contribution is -2.56. The fraction of sp³-hybridized carbons (Fsp3) is 0.667. The lowest BCUT2D eigenvalue weighted by molar-refractivity contribution is -0.176. The molecule has 0 aromatic carbocycles. The molecule has 0 radical (unpaired) electrons. The van der Waals surface area contributed by atoms with Crippen molar-refractivity contribution in [1.29, 1.82) is 0 Å². The second kappa shape index (κ2) is 10.1. The molecule has 11 heteroatoms. The first kappa shape index (κ1) is 23.9. The predicted molar refractivity (Wildman–Crippen MR) is 97.0 cm³/mol. The molecule has 2 aliphatic rings. The highest BCUT2D eigenvalue weighted by molar-refractivity contribution is 5.47. The molecule has 166 valence electrons. The van der Waals surface area contributed by atoms with Crippen molar-refractivity contribution >= 4 is 0 Å². The van der Waals surface area contributed by atoms with E-state index in [-0.39, 0.29) is 17.7 Å². The molecule has 0 fully saturated rings. The summed E-state index contributed by atoms with van der Waals surface area (Å²) in [5, 5.41) is 18.4. The minimum absolute atomic E-state index is 0.0192. The Morgan fingerprint density at radius 1 is 1.07 bits per heavy atom. The minimum atomic E-state index is -4.78. The van der Waals surface area contributed by atoms with Gasteiger partial charge in [0.15, 0.2) is 0 Å². The zero-order valence-electron chi connectivity index (χ0n) is 15.7. The maximum atomic E-state index is 13.3. The Morgan fingerprint density at radius 2 is 1.76 bits per heavy atom. The van der Waals surface area contributed by atoms with Gasteiger partial charge in [0.05, 0.1) is 12.0 Å². The smallest absolute Gasteiger partial charge is 0.387 e. The molecule has 6 N–H and O–H groups in total. The molecule has 0 spiro atoms. The van der Waals surface area contributed by atoms with E-state index in [4.69, 9.17) is 5.73 Å². The van der Waals surface area contributed by atoms with Crippen LogP contribution in [-0.4, -0.2) is 68.4 Å². The van der Waals surface area contributed by atoms with Crippen LogP contribution in [0.1, 0.15) is 6.42 Å². The van der Waals surface area contributed by atoms with Crippen molar-refractivity contribution in [1.82, 2.24) is 16.0 Å². The molecule has 1 heterocycles. The number of allylic oxidation sites excluding steroid dienone is 2. The standard InChI is InChI=1S/C18H26F6N4O/c19-17(20,21)13-4-1-3-11-12(9-15(18(22,23)24)28-16(11)13)14(29)10-27-8-7-26-6-2-5-25/h1,3-4,9,13-16,26-29H,2,5-8,10,25H2. The van der Waals surface area contributed by atoms with Crippen LogP contribution in [0.4, 0.5) is 26.3 Å². The highest BCUT2D eigenvalue weighted by Crippen LogP contribution is 2.41. The molecule has 0 aromatic heterocycles. The Morgan fingerprint density at radius 3 is 2.38 bits per heavy atom. The summed E-state index contributed by atoms with van der Waals surface area (Å²) in [6.45, 7) is 2.17. The van der Waals surface area contributed by atoms with Crippen LogP contribution in [0.5, 0.6) is 0 Å². The van der Waals surface area contributed by atoms with Crippen LogP contribution in [0.3, 0.4) is 0 Å². The lowest BCUT2D eigenvalue weighted by atomic mass is 9.79. The third kappa shape index (κ3) is 6.54. The van der Waals surface area contributed by atoms with Gasteiger partial charge in [0.25, 0.3) is 0 Å². The molecule has 29 heavy (non-hydrogen) atoms. The van der Waals surface area contributed by atoms with Crippen LogP contribution in [-0.2, 0) is 0 Å². The second-order valence-electron chi connectivity index (χ2n) is 6.97. The highest BCUT2D eigenvalue weighted by Gasteiger charge is 2.51. The van der Waals surface area contributed by atoms with E-state index in [0.29, 0.717) is 26.2 Å². The van der Waals surface area contributed by atoms with Crippen molar-refractivity contribution in [3.8, 4) is 0 Å². The number of fused-ring (bicyclic) bond motifs is 1. The molecule has 0 amide bonds. The molecule has 2 rings (SSSR count). The van der Waals surface area contributed by atoms with Crippen LogP contribution in [0, 0.1) is 5.92 Å². The number of rotatable bonds is 9. The van der Waals surface area contributed by atoms with Crippen LogP contribution in [0.25, 0.3) is 0 Å². The van der Waals surface area contributed by atoms with Gasteiger partial charge in [-0.1, -0.05) is 24.3 Å². The summed E-state index contributed by atoms with van der Waals surface area (Å²) < 4.78 is 79.8. The largest absolute Gasteiger partial charge is 0.407 e. The van der Waals surface area contributed by atoms with Gasteiger partial charge < -0.3 is 21.5 Å². The molecule has 0 bridgehead atoms. The quantitative estimate of drug-likeness (QED) is 0.283. The summed E-state index contributed by atoms with van der Waals surface area (Å²) in [7, 11) is 0. The topological polar surface area (TPSA) is 82.3 Å². The molecule has 0 saturated carbocycles. The van der Waals surface area contributed by atoms with Gasteiger partial charge in [-0.2, -0.15) is 26.3 Å². The predicted octanol–water partition coefficient (Wildman–Crippen LogP) is 1.38. The van der Waals surface area contributed by atoms with Gasteiger partial charge in [0.1, 0.15) is 6.04 Å². The molecule has 5 nitrogen and oxygen atoms in total. The van der Waals surface area contributed by atoms with E-state index in [9.17, 15) is 31.4 Å². The van der Waals surface area contributed by atoms with Gasteiger partial charge in [-0.05, 0) is 30.7 Å². The third-order valence-electron chi connectivity index (χ3n) is 4.79. The van der Waals surface area contributed by atoms with E-state index in [1.165, 1.54) is 6.08 Å². The molecular weight excluding hydrogens is 402 g/mol. The molecule has 0 saturated heterocycles. The van der Waals surface area contributed by atoms with Crippen molar-refractivity contribution in [3.63, 3.8) is 0 Å². The average Bonchev–Trinajstić information content (AvgIpc) is 2.64. The summed E-state index contributed by atoms with van der Waals surface area (Å²) in [6, 6.07) is -3.89. The van der Waals surface area contributed by atoms with Crippen molar-refractivity contribution in [2.24, 2.45) is 11.7 Å². The number of aliphatic hydroxyl groups excluding tert-OH is 1. The van der Waals surface area contributed by atoms with Gasteiger partial charge in [-0.25, -0.2) is 0 Å². The van der Waals surface area contributed by atoms with Gasteiger partial charge in [-0.3, -0.25) is 5.32 Å². The zero-order valence-corrected chi connectivity index (χ0v) is 15.7. The van der Waals surface area contributed by atoms with Crippen molar-refractivity contribution in [2.75, 3.05) is 32.7 Å². The molecule has 4 unspecified atom stereocenters. The Hall–Kier alpha value is -1.40. The maximum absolute atomic E-state index is 13.3. The van der Waals surface area contributed by atoms with Crippen LogP contribution < -0.4 is 21.7 Å². The van der Waals surface area contributed by atoms with Crippen LogP contribution >= 0.6 is 0 Å². The first-order valence-electron chi connectivity index (χ1n) is 9.35. The van der Waals surface area contributed by atoms with E-state index in [1.807, 2.05) is 5.32 Å². The maximum Gasteiger partial charge on any atom is 0.407 e. The van der Waals surface area contributed by atoms with Crippen LogP contribution in [0.15, 0.2) is 35.5 Å². The highest BCUT2D eigenvalue weighted by atomic mass is 19.4. The molecule has 1 aliphatic carbocycles. The number of halogens is 6. The van der Waals surface area contributed by atoms with E-state index in [0.717, 1.165) is 24.6 Å². The average molecular weight is 428 g/mol. The van der Waals surface area contributed by atoms with Gasteiger partial charge in [-0.15, -0.1) is 0 Å². The van der Waals surface area contributed by atoms with Crippen molar-refractivity contribution in [3.05, 3.63) is 35.5 Å². The number of nitrogens with one attached hydrogen (secondary N) is 3. The van der Waals surface area contributed by atoms with Crippen molar-refractivity contribution in [2.45, 2.75) is 37.0 Å². The zero-order chi connectivity index (χ0) is 21.7. The number of aliphatic hydroxyl groups is 1. The minimum Gasteiger partial charge on any atom is -0.387 e. The Kier molecular flexibility index (Phi) is 8.29. The van der Waals surface area contributed by atoms with Crippen molar-refractivity contribution < 1.29 is 31.4 Å². The fourth-order valence-corrected chi connectivity index (χ4v) is 3.34. The molecule has 1 aliphatic heterocycles. The van der Waals surface area contributed by atoms with E-state index in [2.05, 4.69) is 10.6 Å².